The monoisotopic (exact) mass is 439 g/mol. The lowest BCUT2D eigenvalue weighted by Gasteiger charge is -2.30. The van der Waals surface area contributed by atoms with Gasteiger partial charge >= 0.3 is 6.18 Å². The van der Waals surface area contributed by atoms with Gasteiger partial charge < -0.3 is 4.74 Å². The van der Waals surface area contributed by atoms with Crippen LogP contribution in [0, 0.1) is 5.92 Å². The van der Waals surface area contributed by atoms with Crippen molar-refractivity contribution < 1.29 is 26.3 Å². The van der Waals surface area contributed by atoms with Crippen LogP contribution in [0.3, 0.4) is 0 Å². The molecule has 1 unspecified atom stereocenters. The van der Waals surface area contributed by atoms with Gasteiger partial charge in [-0.3, -0.25) is 0 Å². The quantitative estimate of drug-likeness (QED) is 0.723. The number of rotatable bonds is 5. The van der Waals surface area contributed by atoms with Crippen LogP contribution in [0.4, 0.5) is 13.2 Å². The van der Waals surface area contributed by atoms with Crippen LogP contribution in [0.15, 0.2) is 40.6 Å². The smallest absolute Gasteiger partial charge is 0.381 e. The highest BCUT2D eigenvalue weighted by molar-refractivity contribution is 7.89. The third-order valence-corrected chi connectivity index (χ3v) is 7.15. The van der Waals surface area contributed by atoms with Gasteiger partial charge in [-0.1, -0.05) is 17.7 Å². The SMILES string of the molecule is O=S(=O)(NC(c1cccs1)C1CCOCC1)c1ccc(Cl)c(C(F)(F)F)c1. The lowest BCUT2D eigenvalue weighted by molar-refractivity contribution is -0.137. The molecule has 1 saturated heterocycles. The summed E-state index contributed by atoms with van der Waals surface area (Å²) in [6, 6.07) is 5.70. The molecule has 0 aliphatic carbocycles. The zero-order chi connectivity index (χ0) is 19.7. The number of ether oxygens (including phenoxy) is 1. The molecule has 0 saturated carbocycles. The summed E-state index contributed by atoms with van der Waals surface area (Å²) in [7, 11) is -4.18. The second-order valence-electron chi connectivity index (χ2n) is 6.20. The molecule has 1 aromatic heterocycles. The Morgan fingerprint density at radius 2 is 1.93 bits per heavy atom. The Labute approximate surface area is 164 Å². The van der Waals surface area contributed by atoms with E-state index in [1.54, 1.807) is 0 Å². The second-order valence-corrected chi connectivity index (χ2v) is 9.30. The molecule has 1 N–H and O–H groups in total. The van der Waals surface area contributed by atoms with E-state index in [9.17, 15) is 21.6 Å². The van der Waals surface area contributed by atoms with Gasteiger partial charge in [-0.2, -0.15) is 13.2 Å². The first kappa shape index (κ1) is 20.6. The minimum Gasteiger partial charge on any atom is -0.381 e. The van der Waals surface area contributed by atoms with Gasteiger partial charge in [-0.05, 0) is 48.4 Å². The van der Waals surface area contributed by atoms with Crippen LogP contribution in [-0.2, 0) is 20.9 Å². The standard InChI is InChI=1S/C17H17ClF3NO3S2/c18-14-4-3-12(10-13(14)17(19,20)21)27(23,24)22-16(15-2-1-9-26-15)11-5-7-25-8-6-11/h1-4,9-11,16,22H,5-8H2. The van der Waals surface area contributed by atoms with E-state index in [0.717, 1.165) is 17.0 Å². The molecule has 148 valence electrons. The van der Waals surface area contributed by atoms with Crippen molar-refractivity contribution in [1.29, 1.82) is 0 Å². The second kappa shape index (κ2) is 8.08. The predicted octanol–water partition coefficient (Wildman–Crippen LogP) is 4.87. The third kappa shape index (κ3) is 4.83. The maximum atomic E-state index is 13.1. The van der Waals surface area contributed by atoms with E-state index in [0.29, 0.717) is 32.1 Å². The molecule has 1 fully saturated rings. The number of hydrogen-bond acceptors (Lipinski definition) is 4. The topological polar surface area (TPSA) is 55.4 Å². The van der Waals surface area contributed by atoms with Gasteiger partial charge in [0.25, 0.3) is 0 Å². The third-order valence-electron chi connectivity index (χ3n) is 4.42. The summed E-state index contributed by atoms with van der Waals surface area (Å²) >= 11 is 6.99. The van der Waals surface area contributed by atoms with Gasteiger partial charge in [-0.15, -0.1) is 11.3 Å². The van der Waals surface area contributed by atoms with Gasteiger partial charge in [-0.25, -0.2) is 13.1 Å². The van der Waals surface area contributed by atoms with E-state index < -0.39 is 37.7 Å². The highest BCUT2D eigenvalue weighted by Crippen LogP contribution is 2.37. The van der Waals surface area contributed by atoms with Crippen molar-refractivity contribution in [3.8, 4) is 0 Å². The molecule has 27 heavy (non-hydrogen) atoms. The maximum Gasteiger partial charge on any atom is 0.417 e. The summed E-state index contributed by atoms with van der Waals surface area (Å²) in [4.78, 5) is 0.350. The first-order valence-corrected chi connectivity index (χ1v) is 10.9. The highest BCUT2D eigenvalue weighted by atomic mass is 35.5. The Bertz CT molecular complexity index is 879. The van der Waals surface area contributed by atoms with Crippen LogP contribution in [0.5, 0.6) is 0 Å². The van der Waals surface area contributed by atoms with Crippen LogP contribution >= 0.6 is 22.9 Å². The number of benzene rings is 1. The summed E-state index contributed by atoms with van der Waals surface area (Å²) in [6.07, 6.45) is -3.41. The normalized spacial score (nSPS) is 17.8. The van der Waals surface area contributed by atoms with Crippen LogP contribution in [0.1, 0.15) is 29.3 Å². The molecule has 2 heterocycles. The summed E-state index contributed by atoms with van der Waals surface area (Å²) in [6.45, 7) is 1.04. The van der Waals surface area contributed by atoms with Crippen molar-refractivity contribution in [1.82, 2.24) is 4.72 Å². The van der Waals surface area contributed by atoms with E-state index in [4.69, 9.17) is 16.3 Å². The van der Waals surface area contributed by atoms with Gasteiger partial charge in [0.2, 0.25) is 10.0 Å². The van der Waals surface area contributed by atoms with Gasteiger partial charge in [0, 0.05) is 18.1 Å². The molecule has 0 spiro atoms. The van der Waals surface area contributed by atoms with Crippen molar-refractivity contribution in [2.45, 2.75) is 30.0 Å². The summed E-state index contributed by atoms with van der Waals surface area (Å²) in [5.41, 5.74) is -1.18. The van der Waals surface area contributed by atoms with E-state index in [2.05, 4.69) is 4.72 Å². The maximum absolute atomic E-state index is 13.1. The molecule has 0 amide bonds. The molecular weight excluding hydrogens is 423 g/mol. The van der Waals surface area contributed by atoms with E-state index >= 15 is 0 Å². The number of thiophene rings is 1. The van der Waals surface area contributed by atoms with Crippen LogP contribution < -0.4 is 4.72 Å². The summed E-state index contributed by atoms with van der Waals surface area (Å²) in [5.74, 6) is 0.00145. The fourth-order valence-corrected chi connectivity index (χ4v) is 5.51. The lowest BCUT2D eigenvalue weighted by Crippen LogP contribution is -2.35. The van der Waals surface area contributed by atoms with Crippen LogP contribution in [-0.4, -0.2) is 21.6 Å². The molecule has 1 aliphatic rings. The number of nitrogens with one attached hydrogen (secondary N) is 1. The van der Waals surface area contributed by atoms with E-state index in [1.807, 2.05) is 17.5 Å². The molecule has 2 aromatic rings. The van der Waals surface area contributed by atoms with Crippen molar-refractivity contribution in [3.05, 3.63) is 51.2 Å². The average molecular weight is 440 g/mol. The number of hydrogen-bond donors (Lipinski definition) is 1. The fourth-order valence-electron chi connectivity index (χ4n) is 3.03. The van der Waals surface area contributed by atoms with Crippen molar-refractivity contribution in [3.63, 3.8) is 0 Å². The molecule has 1 aromatic carbocycles. The molecule has 10 heteroatoms. The Balaban J connectivity index is 1.93. The van der Waals surface area contributed by atoms with Crippen molar-refractivity contribution in [2.75, 3.05) is 13.2 Å². The first-order valence-electron chi connectivity index (χ1n) is 8.19. The van der Waals surface area contributed by atoms with Crippen molar-refractivity contribution >= 4 is 33.0 Å². The Hall–Kier alpha value is -1.13. The Morgan fingerprint density at radius 1 is 1.22 bits per heavy atom. The average Bonchev–Trinajstić information content (AvgIpc) is 3.14. The fraction of sp³-hybridized carbons (Fsp3) is 0.412. The van der Waals surface area contributed by atoms with E-state index in [-0.39, 0.29) is 5.92 Å². The Kier molecular flexibility index (Phi) is 6.17. The lowest BCUT2D eigenvalue weighted by atomic mass is 9.91. The van der Waals surface area contributed by atoms with Gasteiger partial charge in [0.1, 0.15) is 0 Å². The molecule has 1 aliphatic heterocycles. The minimum absolute atomic E-state index is 0.00145. The van der Waals surface area contributed by atoms with Crippen LogP contribution in [0.2, 0.25) is 5.02 Å². The number of alkyl halides is 3. The minimum atomic E-state index is -4.74. The summed E-state index contributed by atoms with van der Waals surface area (Å²) < 4.78 is 72.8. The molecule has 0 bridgehead atoms. The highest BCUT2D eigenvalue weighted by Gasteiger charge is 2.36. The Morgan fingerprint density at radius 3 is 2.52 bits per heavy atom. The molecule has 1 atom stereocenters. The molecule has 4 nitrogen and oxygen atoms in total. The first-order chi connectivity index (χ1) is 12.7. The van der Waals surface area contributed by atoms with Crippen molar-refractivity contribution in [2.24, 2.45) is 5.92 Å². The molecular formula is C17H17ClF3NO3S2. The summed E-state index contributed by atoms with van der Waals surface area (Å²) in [5, 5.41) is 1.29. The predicted molar refractivity (Wildman–Crippen MR) is 97.4 cm³/mol. The van der Waals surface area contributed by atoms with Gasteiger partial charge in [0.05, 0.1) is 21.5 Å². The number of sulfonamides is 1. The largest absolute Gasteiger partial charge is 0.417 e. The van der Waals surface area contributed by atoms with Gasteiger partial charge in [0.15, 0.2) is 0 Å². The number of halogens is 4. The molecule has 3 rings (SSSR count). The van der Waals surface area contributed by atoms with Crippen LogP contribution in [0.25, 0.3) is 0 Å². The zero-order valence-corrected chi connectivity index (χ0v) is 16.4. The zero-order valence-electron chi connectivity index (χ0n) is 14.0. The molecule has 0 radical (unpaired) electrons. The van der Waals surface area contributed by atoms with E-state index in [1.165, 1.54) is 11.3 Å².